The predicted octanol–water partition coefficient (Wildman–Crippen LogP) is 2.53. The molecule has 1 saturated heterocycles. The van der Waals surface area contributed by atoms with E-state index in [1.54, 1.807) is 13.0 Å². The normalized spacial score (nSPS) is 19.1. The van der Waals surface area contributed by atoms with Gasteiger partial charge in [-0.15, -0.1) is 0 Å². The van der Waals surface area contributed by atoms with E-state index in [-0.39, 0.29) is 0 Å². The van der Waals surface area contributed by atoms with Gasteiger partial charge in [0.25, 0.3) is 0 Å². The molecule has 0 bridgehead atoms. The number of nitriles is 1. The quantitative estimate of drug-likeness (QED) is 0.924. The van der Waals surface area contributed by atoms with Crippen molar-refractivity contribution in [1.82, 2.24) is 4.90 Å². The Balaban J connectivity index is 2.17. The number of benzene rings is 1. The third kappa shape index (κ3) is 3.55. The first-order chi connectivity index (χ1) is 10.1. The van der Waals surface area contributed by atoms with Crippen molar-refractivity contribution in [2.75, 3.05) is 31.1 Å². The van der Waals surface area contributed by atoms with Crippen LogP contribution < -0.4 is 4.90 Å². The molecule has 2 atom stereocenters. The molecule has 1 aromatic carbocycles. The molecule has 21 heavy (non-hydrogen) atoms. The molecule has 1 heterocycles. The van der Waals surface area contributed by atoms with Gasteiger partial charge in [-0.3, -0.25) is 4.90 Å². The highest BCUT2D eigenvalue weighted by Gasteiger charge is 2.22. The van der Waals surface area contributed by atoms with Crippen LogP contribution in [-0.4, -0.2) is 42.2 Å². The molecule has 0 radical (unpaired) electrons. The van der Waals surface area contributed by atoms with Crippen LogP contribution in [0, 0.1) is 11.3 Å². The molecule has 2 rings (SSSR count). The Morgan fingerprint density at radius 3 is 2.43 bits per heavy atom. The minimum absolute atomic E-state index is 0.514. The molecule has 1 fully saturated rings. The van der Waals surface area contributed by atoms with E-state index in [0.717, 1.165) is 37.4 Å². The zero-order valence-electron chi connectivity index (χ0n) is 13.2. The van der Waals surface area contributed by atoms with Crippen LogP contribution in [0.4, 0.5) is 5.69 Å². The summed E-state index contributed by atoms with van der Waals surface area (Å²) in [5.74, 6) is 0. The molecule has 1 N–H and O–H groups in total. The van der Waals surface area contributed by atoms with Gasteiger partial charge in [0.05, 0.1) is 17.7 Å². The summed E-state index contributed by atoms with van der Waals surface area (Å²) in [5.41, 5.74) is 2.57. The van der Waals surface area contributed by atoms with Crippen LogP contribution in [0.3, 0.4) is 0 Å². The number of hydrogen-bond acceptors (Lipinski definition) is 4. The monoisotopic (exact) mass is 287 g/mol. The van der Waals surface area contributed by atoms with E-state index in [1.165, 1.54) is 6.42 Å². The molecule has 2 unspecified atom stereocenters. The maximum Gasteiger partial charge on any atom is 0.0992 e. The minimum atomic E-state index is -0.514. The fourth-order valence-electron chi connectivity index (χ4n) is 2.90. The molecule has 4 heteroatoms. The van der Waals surface area contributed by atoms with E-state index in [9.17, 15) is 5.11 Å². The van der Waals surface area contributed by atoms with Gasteiger partial charge in [0.2, 0.25) is 0 Å². The lowest BCUT2D eigenvalue weighted by Gasteiger charge is -2.39. The molecule has 0 aliphatic carbocycles. The van der Waals surface area contributed by atoms with Gasteiger partial charge in [0.15, 0.2) is 0 Å². The summed E-state index contributed by atoms with van der Waals surface area (Å²) in [7, 11) is 0. The summed E-state index contributed by atoms with van der Waals surface area (Å²) < 4.78 is 0. The van der Waals surface area contributed by atoms with E-state index in [1.807, 2.05) is 12.1 Å². The van der Waals surface area contributed by atoms with Gasteiger partial charge in [-0.25, -0.2) is 0 Å². The first kappa shape index (κ1) is 15.8. The number of nitrogens with zero attached hydrogens (tertiary/aromatic N) is 3. The molecule has 1 aliphatic heterocycles. The summed E-state index contributed by atoms with van der Waals surface area (Å²) in [5, 5.41) is 19.1. The van der Waals surface area contributed by atoms with E-state index in [0.29, 0.717) is 11.6 Å². The number of hydrogen-bond donors (Lipinski definition) is 1. The van der Waals surface area contributed by atoms with Crippen molar-refractivity contribution in [3.8, 4) is 6.07 Å². The van der Waals surface area contributed by atoms with Gasteiger partial charge in [-0.05, 0) is 32.4 Å². The van der Waals surface area contributed by atoms with Crippen molar-refractivity contribution < 1.29 is 5.11 Å². The number of anilines is 1. The molecule has 4 nitrogen and oxygen atoms in total. The lowest BCUT2D eigenvalue weighted by molar-refractivity contribution is 0.189. The van der Waals surface area contributed by atoms with Crippen molar-refractivity contribution in [2.45, 2.75) is 39.3 Å². The largest absolute Gasteiger partial charge is 0.389 e. The summed E-state index contributed by atoms with van der Waals surface area (Å²) in [6, 6.07) is 8.37. The Kier molecular flexibility index (Phi) is 5.22. The van der Waals surface area contributed by atoms with Crippen LogP contribution >= 0.6 is 0 Å². The molecule has 114 valence electrons. The van der Waals surface area contributed by atoms with Crippen molar-refractivity contribution >= 4 is 5.69 Å². The molecule has 1 aromatic rings. The fraction of sp³-hybridized carbons (Fsp3) is 0.588. The van der Waals surface area contributed by atoms with Crippen molar-refractivity contribution in [3.63, 3.8) is 0 Å². The fourth-order valence-corrected chi connectivity index (χ4v) is 2.90. The lowest BCUT2D eigenvalue weighted by Crippen LogP contribution is -2.49. The molecular formula is C17H25N3O. The van der Waals surface area contributed by atoms with Crippen LogP contribution in [0.25, 0.3) is 0 Å². The highest BCUT2D eigenvalue weighted by molar-refractivity contribution is 5.58. The Bertz CT molecular complexity index is 513. The average Bonchev–Trinajstić information content (AvgIpc) is 2.53. The van der Waals surface area contributed by atoms with Gasteiger partial charge < -0.3 is 10.0 Å². The van der Waals surface area contributed by atoms with Crippen LogP contribution in [0.1, 0.15) is 44.4 Å². The Morgan fingerprint density at radius 2 is 1.90 bits per heavy atom. The summed E-state index contributed by atoms with van der Waals surface area (Å²) in [6.07, 6.45) is 0.656. The summed E-state index contributed by atoms with van der Waals surface area (Å²) >= 11 is 0. The Labute approximate surface area is 127 Å². The third-order valence-electron chi connectivity index (χ3n) is 4.48. The highest BCUT2D eigenvalue weighted by Crippen LogP contribution is 2.28. The smallest absolute Gasteiger partial charge is 0.0992 e. The Hall–Kier alpha value is -1.57. The standard InChI is InChI=1S/C17H25N3O/c1-4-13(2)19-7-9-20(10-8-19)17-11-15(12-18)5-6-16(17)14(3)21/h5-6,11,13-14,21H,4,7-10H2,1-3H3. The first-order valence-corrected chi connectivity index (χ1v) is 7.78. The van der Waals surface area contributed by atoms with E-state index in [2.05, 4.69) is 29.7 Å². The van der Waals surface area contributed by atoms with Gasteiger partial charge in [0.1, 0.15) is 0 Å². The topological polar surface area (TPSA) is 50.5 Å². The molecule has 1 aliphatic rings. The number of aliphatic hydroxyl groups excluding tert-OH is 1. The lowest BCUT2D eigenvalue weighted by atomic mass is 10.0. The second-order valence-corrected chi connectivity index (χ2v) is 5.84. The molecule has 0 spiro atoms. The van der Waals surface area contributed by atoms with Crippen LogP contribution in [-0.2, 0) is 0 Å². The average molecular weight is 287 g/mol. The summed E-state index contributed by atoms with van der Waals surface area (Å²) in [6.45, 7) is 10.2. The maximum atomic E-state index is 9.96. The van der Waals surface area contributed by atoms with Crippen molar-refractivity contribution in [3.05, 3.63) is 29.3 Å². The zero-order valence-corrected chi connectivity index (χ0v) is 13.2. The van der Waals surface area contributed by atoms with Crippen LogP contribution in [0.5, 0.6) is 0 Å². The molecule has 0 aromatic heterocycles. The maximum absolute atomic E-state index is 9.96. The number of piperazine rings is 1. The summed E-state index contributed by atoms with van der Waals surface area (Å²) in [4.78, 5) is 4.80. The van der Waals surface area contributed by atoms with E-state index in [4.69, 9.17) is 5.26 Å². The number of aliphatic hydroxyl groups is 1. The third-order valence-corrected chi connectivity index (χ3v) is 4.48. The Morgan fingerprint density at radius 1 is 1.24 bits per heavy atom. The van der Waals surface area contributed by atoms with E-state index >= 15 is 0 Å². The van der Waals surface area contributed by atoms with Crippen LogP contribution in [0.2, 0.25) is 0 Å². The number of rotatable bonds is 4. The SMILES string of the molecule is CCC(C)N1CCN(c2cc(C#N)ccc2C(C)O)CC1. The van der Waals surface area contributed by atoms with Gasteiger partial charge in [0, 0.05) is 43.5 Å². The zero-order chi connectivity index (χ0) is 15.4. The van der Waals surface area contributed by atoms with Gasteiger partial charge in [-0.2, -0.15) is 5.26 Å². The highest BCUT2D eigenvalue weighted by atomic mass is 16.3. The second-order valence-electron chi connectivity index (χ2n) is 5.84. The molecular weight excluding hydrogens is 262 g/mol. The van der Waals surface area contributed by atoms with Crippen molar-refractivity contribution in [2.24, 2.45) is 0 Å². The van der Waals surface area contributed by atoms with Crippen LogP contribution in [0.15, 0.2) is 18.2 Å². The minimum Gasteiger partial charge on any atom is -0.389 e. The van der Waals surface area contributed by atoms with Gasteiger partial charge in [-0.1, -0.05) is 13.0 Å². The molecule has 0 saturated carbocycles. The van der Waals surface area contributed by atoms with Gasteiger partial charge >= 0.3 is 0 Å². The predicted molar refractivity (Wildman–Crippen MR) is 85.3 cm³/mol. The first-order valence-electron chi connectivity index (χ1n) is 7.78. The molecule has 0 amide bonds. The second kappa shape index (κ2) is 6.93. The van der Waals surface area contributed by atoms with E-state index < -0.39 is 6.10 Å². The van der Waals surface area contributed by atoms with Crippen molar-refractivity contribution in [1.29, 1.82) is 5.26 Å².